The van der Waals surface area contributed by atoms with Gasteiger partial charge in [-0.1, -0.05) is 29.8 Å². The van der Waals surface area contributed by atoms with Gasteiger partial charge in [-0.25, -0.2) is 0 Å². The van der Waals surface area contributed by atoms with Crippen LogP contribution in [-0.4, -0.2) is 22.0 Å². The van der Waals surface area contributed by atoms with Crippen molar-refractivity contribution in [3.05, 3.63) is 47.1 Å². The number of rotatable bonds is 4. The van der Waals surface area contributed by atoms with Crippen molar-refractivity contribution in [2.75, 3.05) is 10.6 Å². The third kappa shape index (κ3) is 3.84. The Morgan fingerprint density at radius 2 is 2.09 bits per heavy atom. The van der Waals surface area contributed by atoms with Gasteiger partial charge in [0.25, 0.3) is 0 Å². The van der Waals surface area contributed by atoms with Gasteiger partial charge in [0.05, 0.1) is 0 Å². The van der Waals surface area contributed by atoms with Crippen LogP contribution < -0.4 is 10.6 Å². The average Bonchev–Trinajstić information content (AvgIpc) is 2.55. The van der Waals surface area contributed by atoms with Gasteiger partial charge in [0.2, 0.25) is 11.8 Å². The fourth-order valence-electron chi connectivity index (χ4n) is 2.54. The first-order valence-corrected chi connectivity index (χ1v) is 7.67. The number of hydrogen-bond acceptors (Lipinski definition) is 4. The van der Waals surface area contributed by atoms with E-state index in [2.05, 4.69) is 20.8 Å². The van der Waals surface area contributed by atoms with Crippen LogP contribution in [0.3, 0.4) is 0 Å². The smallest absolute Gasteiger partial charge is 0.227 e. The molecule has 6 nitrogen and oxygen atoms in total. The molecule has 3 rings (SSSR count). The van der Waals surface area contributed by atoms with Crippen molar-refractivity contribution in [3.63, 3.8) is 0 Å². The predicted octanol–water partition coefficient (Wildman–Crippen LogP) is 2.66. The number of aromatic nitrogens is 2. The highest BCUT2D eigenvalue weighted by atomic mass is 35.5. The molecule has 2 amide bonds. The second-order valence-electron chi connectivity index (χ2n) is 5.38. The van der Waals surface area contributed by atoms with E-state index in [-0.39, 0.29) is 29.3 Å². The van der Waals surface area contributed by atoms with Gasteiger partial charge >= 0.3 is 0 Å². The molecule has 7 heteroatoms. The van der Waals surface area contributed by atoms with Crippen LogP contribution in [0.2, 0.25) is 5.15 Å². The maximum Gasteiger partial charge on any atom is 0.227 e. The maximum atomic E-state index is 12.1. The zero-order valence-corrected chi connectivity index (χ0v) is 13.0. The Morgan fingerprint density at radius 1 is 1.26 bits per heavy atom. The number of amides is 2. The highest BCUT2D eigenvalue weighted by molar-refractivity contribution is 6.29. The van der Waals surface area contributed by atoms with E-state index in [4.69, 9.17) is 11.6 Å². The standard InChI is InChI=1S/C16H15ClN4O2/c17-13-6-7-14(21-20-13)19-15(22)8-5-11-9-10-3-1-2-4-12(10)18-16(11)23/h1-4,6-7,11H,5,8-9H2,(H,18,23)(H,19,21,22)/t11-/m0/s1. The summed E-state index contributed by atoms with van der Waals surface area (Å²) in [6.07, 6.45) is 1.37. The number of para-hydroxylation sites is 1. The highest BCUT2D eigenvalue weighted by Crippen LogP contribution is 2.27. The lowest BCUT2D eigenvalue weighted by atomic mass is 9.89. The third-order valence-corrected chi connectivity index (χ3v) is 3.93. The Kier molecular flexibility index (Phi) is 4.52. The van der Waals surface area contributed by atoms with Crippen LogP contribution >= 0.6 is 11.6 Å². The summed E-state index contributed by atoms with van der Waals surface area (Å²) in [5.41, 5.74) is 1.95. The number of carbonyl (C=O) groups excluding carboxylic acids is 2. The molecular formula is C16H15ClN4O2. The van der Waals surface area contributed by atoms with Gasteiger partial charge in [0, 0.05) is 18.0 Å². The van der Waals surface area contributed by atoms with Crippen molar-refractivity contribution in [1.82, 2.24) is 10.2 Å². The summed E-state index contributed by atoms with van der Waals surface area (Å²) in [5, 5.41) is 13.2. The lowest BCUT2D eigenvalue weighted by Gasteiger charge is -2.24. The van der Waals surface area contributed by atoms with Crippen molar-refractivity contribution < 1.29 is 9.59 Å². The summed E-state index contributed by atoms with van der Waals surface area (Å²) in [6, 6.07) is 10.8. The number of hydrogen-bond donors (Lipinski definition) is 2. The first kappa shape index (κ1) is 15.4. The van der Waals surface area contributed by atoms with Crippen LogP contribution in [0, 0.1) is 5.92 Å². The zero-order chi connectivity index (χ0) is 16.2. The molecule has 0 spiro atoms. The number of nitrogens with one attached hydrogen (secondary N) is 2. The van der Waals surface area contributed by atoms with E-state index < -0.39 is 0 Å². The number of anilines is 2. The summed E-state index contributed by atoms with van der Waals surface area (Å²) in [6.45, 7) is 0. The van der Waals surface area contributed by atoms with Gasteiger partial charge in [-0.3, -0.25) is 9.59 Å². The molecule has 118 valence electrons. The van der Waals surface area contributed by atoms with Crippen LogP contribution in [0.5, 0.6) is 0 Å². The molecule has 0 radical (unpaired) electrons. The van der Waals surface area contributed by atoms with Gasteiger partial charge in [-0.2, -0.15) is 0 Å². The molecule has 0 saturated heterocycles. The van der Waals surface area contributed by atoms with E-state index in [0.717, 1.165) is 11.3 Å². The van der Waals surface area contributed by atoms with Crippen molar-refractivity contribution in [2.24, 2.45) is 5.92 Å². The van der Waals surface area contributed by atoms with Crippen molar-refractivity contribution in [3.8, 4) is 0 Å². The molecule has 1 aromatic carbocycles. The van der Waals surface area contributed by atoms with Crippen LogP contribution in [0.25, 0.3) is 0 Å². The summed E-state index contributed by atoms with van der Waals surface area (Å²) >= 11 is 5.64. The Balaban J connectivity index is 1.55. The second-order valence-corrected chi connectivity index (χ2v) is 5.76. The Bertz CT molecular complexity index is 733. The number of carbonyl (C=O) groups is 2. The molecule has 0 unspecified atom stereocenters. The van der Waals surface area contributed by atoms with Crippen LogP contribution in [0.1, 0.15) is 18.4 Å². The molecule has 2 heterocycles. The maximum absolute atomic E-state index is 12.1. The topological polar surface area (TPSA) is 84.0 Å². The number of fused-ring (bicyclic) bond motifs is 1. The second kappa shape index (κ2) is 6.75. The fourth-order valence-corrected chi connectivity index (χ4v) is 2.64. The van der Waals surface area contributed by atoms with Crippen LogP contribution in [0.15, 0.2) is 36.4 Å². The lowest BCUT2D eigenvalue weighted by molar-refractivity contribution is -0.121. The van der Waals surface area contributed by atoms with E-state index in [1.165, 1.54) is 0 Å². The zero-order valence-electron chi connectivity index (χ0n) is 12.3. The molecule has 2 aromatic rings. The first-order valence-electron chi connectivity index (χ1n) is 7.29. The fraction of sp³-hybridized carbons (Fsp3) is 0.250. The highest BCUT2D eigenvalue weighted by Gasteiger charge is 2.26. The monoisotopic (exact) mass is 330 g/mol. The summed E-state index contributed by atoms with van der Waals surface area (Å²) in [7, 11) is 0. The number of benzene rings is 1. The van der Waals surface area contributed by atoms with E-state index in [9.17, 15) is 9.59 Å². The Labute approximate surface area is 138 Å². The molecule has 2 N–H and O–H groups in total. The Hall–Kier alpha value is -2.47. The molecule has 0 fully saturated rings. The van der Waals surface area contributed by atoms with Gasteiger partial charge in [0.1, 0.15) is 0 Å². The van der Waals surface area contributed by atoms with Gasteiger partial charge in [0.15, 0.2) is 11.0 Å². The number of nitrogens with zero attached hydrogens (tertiary/aromatic N) is 2. The number of halogens is 1. The average molecular weight is 331 g/mol. The summed E-state index contributed by atoms with van der Waals surface area (Å²) in [4.78, 5) is 24.0. The van der Waals surface area contributed by atoms with Crippen molar-refractivity contribution in [1.29, 1.82) is 0 Å². The molecule has 23 heavy (non-hydrogen) atoms. The van der Waals surface area contributed by atoms with E-state index in [0.29, 0.717) is 18.7 Å². The van der Waals surface area contributed by atoms with E-state index in [1.807, 2.05) is 24.3 Å². The third-order valence-electron chi connectivity index (χ3n) is 3.73. The molecule has 0 saturated carbocycles. The molecule has 1 aliphatic heterocycles. The minimum atomic E-state index is -0.202. The normalized spacial score (nSPS) is 16.4. The largest absolute Gasteiger partial charge is 0.326 e. The minimum Gasteiger partial charge on any atom is -0.326 e. The minimum absolute atomic E-state index is 0.0391. The summed E-state index contributed by atoms with van der Waals surface area (Å²) < 4.78 is 0. The molecule has 0 aliphatic carbocycles. The molecular weight excluding hydrogens is 316 g/mol. The van der Waals surface area contributed by atoms with Gasteiger partial charge < -0.3 is 10.6 Å². The summed E-state index contributed by atoms with van der Waals surface area (Å²) in [5.74, 6) is -0.0964. The SMILES string of the molecule is O=C(CC[C@H]1Cc2ccccc2NC1=O)Nc1ccc(Cl)nn1. The van der Waals surface area contributed by atoms with Gasteiger partial charge in [-0.15, -0.1) is 10.2 Å². The van der Waals surface area contributed by atoms with Crippen LogP contribution in [-0.2, 0) is 16.0 Å². The molecule has 1 aliphatic rings. The quantitative estimate of drug-likeness (QED) is 0.902. The predicted molar refractivity (Wildman–Crippen MR) is 87.2 cm³/mol. The first-order chi connectivity index (χ1) is 11.1. The van der Waals surface area contributed by atoms with Crippen molar-refractivity contribution in [2.45, 2.75) is 19.3 Å². The lowest BCUT2D eigenvalue weighted by Crippen LogP contribution is -2.30. The Morgan fingerprint density at radius 3 is 2.87 bits per heavy atom. The van der Waals surface area contributed by atoms with Crippen LogP contribution in [0.4, 0.5) is 11.5 Å². The van der Waals surface area contributed by atoms with E-state index >= 15 is 0 Å². The molecule has 1 atom stereocenters. The van der Waals surface area contributed by atoms with Crippen molar-refractivity contribution >= 4 is 34.9 Å². The molecule has 0 bridgehead atoms. The molecule has 1 aromatic heterocycles. The van der Waals surface area contributed by atoms with E-state index in [1.54, 1.807) is 12.1 Å². The van der Waals surface area contributed by atoms with Gasteiger partial charge in [-0.05, 0) is 36.6 Å².